The number of hydrogen-bond donors (Lipinski definition) is 3. The smallest absolute Gasteiger partial charge is 0.0457 e. The molecule has 1 saturated carbocycles. The second kappa shape index (κ2) is 7.91. The van der Waals surface area contributed by atoms with Gasteiger partial charge in [-0.2, -0.15) is 0 Å². The Morgan fingerprint density at radius 2 is 1.09 bits per heavy atom. The number of nitrogens with one attached hydrogen (secondary N) is 3. The first-order chi connectivity index (χ1) is 17.2. The molecule has 6 aromatic rings. The van der Waals surface area contributed by atoms with E-state index in [-0.39, 0.29) is 5.41 Å². The predicted octanol–water partition coefficient (Wildman–Crippen LogP) is 8.41. The van der Waals surface area contributed by atoms with Crippen LogP contribution in [0, 0.1) is 5.92 Å². The number of aromatic nitrogens is 3. The quantitative estimate of drug-likeness (QED) is 0.238. The van der Waals surface area contributed by atoms with Gasteiger partial charge in [-0.1, -0.05) is 74.4 Å². The zero-order valence-electron chi connectivity index (χ0n) is 20.1. The Labute approximate surface area is 205 Å². The maximum atomic E-state index is 3.61. The number of benzene rings is 3. The molecule has 3 heteroatoms. The fraction of sp³-hybridized carbons (Fsp3) is 0.250. The molecule has 1 aliphatic rings. The van der Waals surface area contributed by atoms with Gasteiger partial charge in [0.1, 0.15) is 0 Å². The minimum absolute atomic E-state index is 0.150. The standard InChI is InChI=1S/C32H31N3/c1-32(27-19-34-30-16-8-4-12-23(27)30,28-20-35-31-17-9-5-13-24(28)31)26-14-6-2-10-21(26)25-18-33-29-15-7-3-11-22(25)29/h3-5,7-9,11-13,15-21,26,33-35H,2,6,10,14H2,1H3. The second-order valence-electron chi connectivity index (χ2n) is 10.5. The third-order valence-electron chi connectivity index (χ3n) is 8.83. The van der Waals surface area contributed by atoms with Crippen molar-refractivity contribution in [2.24, 2.45) is 5.92 Å². The van der Waals surface area contributed by atoms with Crippen molar-refractivity contribution in [3.63, 3.8) is 0 Å². The Balaban J connectivity index is 1.49. The number of hydrogen-bond acceptors (Lipinski definition) is 0. The highest BCUT2D eigenvalue weighted by molar-refractivity contribution is 5.90. The van der Waals surface area contributed by atoms with Crippen LogP contribution in [0.15, 0.2) is 91.4 Å². The summed E-state index contributed by atoms with van der Waals surface area (Å²) in [5.74, 6) is 0.973. The minimum Gasteiger partial charge on any atom is -0.361 e. The molecule has 3 N–H and O–H groups in total. The Kier molecular flexibility index (Phi) is 4.66. The van der Waals surface area contributed by atoms with E-state index in [1.165, 1.54) is 75.1 Å². The third kappa shape index (κ3) is 3.04. The van der Waals surface area contributed by atoms with E-state index < -0.39 is 0 Å². The van der Waals surface area contributed by atoms with Crippen LogP contribution in [0.4, 0.5) is 0 Å². The SMILES string of the molecule is CC(c1c[nH]c2ccccc12)(c1c[nH]c2ccccc12)C1CCCCC1c1c[nH]c2ccccc12. The van der Waals surface area contributed by atoms with E-state index in [9.17, 15) is 0 Å². The molecule has 174 valence electrons. The van der Waals surface area contributed by atoms with Gasteiger partial charge in [-0.25, -0.2) is 0 Å². The van der Waals surface area contributed by atoms with Crippen LogP contribution in [0.25, 0.3) is 32.7 Å². The van der Waals surface area contributed by atoms with Crippen molar-refractivity contribution in [2.75, 3.05) is 0 Å². The minimum atomic E-state index is -0.150. The highest BCUT2D eigenvalue weighted by Gasteiger charge is 2.46. The summed E-state index contributed by atoms with van der Waals surface area (Å²) in [5, 5.41) is 4.05. The van der Waals surface area contributed by atoms with Gasteiger partial charge in [0, 0.05) is 56.7 Å². The summed E-state index contributed by atoms with van der Waals surface area (Å²) >= 11 is 0. The zero-order chi connectivity index (χ0) is 23.4. The molecule has 0 spiro atoms. The molecule has 0 amide bonds. The molecule has 2 atom stereocenters. The first-order valence-electron chi connectivity index (χ1n) is 12.9. The van der Waals surface area contributed by atoms with Crippen LogP contribution in [-0.4, -0.2) is 15.0 Å². The summed E-state index contributed by atoms with van der Waals surface area (Å²) in [7, 11) is 0. The van der Waals surface area contributed by atoms with Gasteiger partial charge in [-0.05, 0) is 59.6 Å². The number of aromatic amines is 3. The third-order valence-corrected chi connectivity index (χ3v) is 8.83. The molecule has 3 nitrogen and oxygen atoms in total. The van der Waals surface area contributed by atoms with Crippen LogP contribution in [0.5, 0.6) is 0 Å². The summed E-state index contributed by atoms with van der Waals surface area (Å²) < 4.78 is 0. The normalized spacial score (nSPS) is 19.1. The Hall–Kier alpha value is -3.72. The monoisotopic (exact) mass is 457 g/mol. The Bertz CT molecular complexity index is 1570. The van der Waals surface area contributed by atoms with Crippen molar-refractivity contribution in [3.8, 4) is 0 Å². The van der Waals surface area contributed by atoms with Gasteiger partial charge in [0.2, 0.25) is 0 Å². The van der Waals surface area contributed by atoms with Gasteiger partial charge < -0.3 is 15.0 Å². The number of H-pyrrole nitrogens is 3. The van der Waals surface area contributed by atoms with Gasteiger partial charge in [0.15, 0.2) is 0 Å². The van der Waals surface area contributed by atoms with Crippen molar-refractivity contribution in [3.05, 3.63) is 108 Å². The average molecular weight is 458 g/mol. The topological polar surface area (TPSA) is 47.4 Å². The number of rotatable bonds is 4. The summed E-state index contributed by atoms with van der Waals surface area (Å²) in [5.41, 5.74) is 7.83. The lowest BCUT2D eigenvalue weighted by atomic mass is 9.57. The summed E-state index contributed by atoms with van der Waals surface area (Å²) in [6.45, 7) is 2.51. The maximum absolute atomic E-state index is 3.61. The fourth-order valence-electron chi connectivity index (χ4n) is 7.14. The highest BCUT2D eigenvalue weighted by atomic mass is 14.7. The van der Waals surface area contributed by atoms with E-state index in [0.29, 0.717) is 11.8 Å². The van der Waals surface area contributed by atoms with E-state index in [4.69, 9.17) is 0 Å². The second-order valence-corrected chi connectivity index (χ2v) is 10.5. The molecule has 0 aliphatic heterocycles. The van der Waals surface area contributed by atoms with Crippen LogP contribution in [0.3, 0.4) is 0 Å². The lowest BCUT2D eigenvalue weighted by Gasteiger charge is -2.45. The molecule has 7 rings (SSSR count). The molecule has 0 bridgehead atoms. The van der Waals surface area contributed by atoms with Crippen molar-refractivity contribution in [1.29, 1.82) is 0 Å². The van der Waals surface area contributed by atoms with Crippen LogP contribution in [0.1, 0.15) is 55.2 Å². The summed E-state index contributed by atoms with van der Waals surface area (Å²) in [6, 6.07) is 26.4. The molecule has 3 aromatic carbocycles. The van der Waals surface area contributed by atoms with E-state index >= 15 is 0 Å². The van der Waals surface area contributed by atoms with Crippen LogP contribution in [-0.2, 0) is 5.41 Å². The molecular formula is C32H31N3. The molecule has 1 aliphatic carbocycles. The van der Waals surface area contributed by atoms with Crippen LogP contribution in [0.2, 0.25) is 0 Å². The maximum Gasteiger partial charge on any atom is 0.0457 e. The van der Waals surface area contributed by atoms with Crippen molar-refractivity contribution in [1.82, 2.24) is 15.0 Å². The highest BCUT2D eigenvalue weighted by Crippen LogP contribution is 2.54. The van der Waals surface area contributed by atoms with Gasteiger partial charge in [-0.15, -0.1) is 0 Å². The predicted molar refractivity (Wildman–Crippen MR) is 146 cm³/mol. The first-order valence-corrected chi connectivity index (χ1v) is 12.9. The zero-order valence-corrected chi connectivity index (χ0v) is 20.1. The van der Waals surface area contributed by atoms with E-state index in [2.05, 4.69) is 113 Å². The number of para-hydroxylation sites is 3. The van der Waals surface area contributed by atoms with Crippen LogP contribution >= 0.6 is 0 Å². The summed E-state index contributed by atoms with van der Waals surface area (Å²) in [6.07, 6.45) is 11.9. The van der Waals surface area contributed by atoms with E-state index in [1.807, 2.05) is 0 Å². The lowest BCUT2D eigenvalue weighted by molar-refractivity contribution is 0.220. The first kappa shape index (κ1) is 20.6. The molecule has 1 fully saturated rings. The van der Waals surface area contributed by atoms with Gasteiger partial charge >= 0.3 is 0 Å². The average Bonchev–Trinajstić information content (AvgIpc) is 3.65. The summed E-state index contributed by atoms with van der Waals surface area (Å²) in [4.78, 5) is 10.8. The van der Waals surface area contributed by atoms with E-state index in [0.717, 1.165) is 0 Å². The largest absolute Gasteiger partial charge is 0.361 e. The molecular weight excluding hydrogens is 426 g/mol. The lowest BCUT2D eigenvalue weighted by Crippen LogP contribution is -2.38. The van der Waals surface area contributed by atoms with Crippen molar-refractivity contribution in [2.45, 2.75) is 43.9 Å². The Morgan fingerprint density at radius 1 is 0.600 bits per heavy atom. The molecule has 3 aromatic heterocycles. The Morgan fingerprint density at radius 3 is 1.71 bits per heavy atom. The fourth-order valence-corrected chi connectivity index (χ4v) is 7.14. The van der Waals surface area contributed by atoms with Crippen molar-refractivity contribution >= 4 is 32.7 Å². The molecule has 2 unspecified atom stereocenters. The molecule has 35 heavy (non-hydrogen) atoms. The van der Waals surface area contributed by atoms with Crippen LogP contribution < -0.4 is 0 Å². The van der Waals surface area contributed by atoms with E-state index in [1.54, 1.807) is 0 Å². The van der Waals surface area contributed by atoms with Crippen molar-refractivity contribution < 1.29 is 0 Å². The van der Waals surface area contributed by atoms with Gasteiger partial charge in [0.05, 0.1) is 0 Å². The molecule has 0 radical (unpaired) electrons. The molecule has 0 saturated heterocycles. The number of fused-ring (bicyclic) bond motifs is 3. The van der Waals surface area contributed by atoms with Gasteiger partial charge in [0.25, 0.3) is 0 Å². The van der Waals surface area contributed by atoms with Gasteiger partial charge in [-0.3, -0.25) is 0 Å². The molecule has 3 heterocycles.